The molecular weight excluding hydrogens is 275 g/mol. The number of β-amino-alcohol motifs (C(OH)–C–C–N with tert-alkyl or cyclic N) is 1. The fraction of sp³-hybridized carbons (Fsp3) is 0.667. The second-order valence-corrected chi connectivity index (χ2v) is 5.90. The van der Waals surface area contributed by atoms with Crippen molar-refractivity contribution in [1.29, 1.82) is 0 Å². The number of hydrogen-bond donors (Lipinski definition) is 1. The largest absolute Gasteiger partial charge is 0.473 e. The number of rotatable bonds is 4. The van der Waals surface area contributed by atoms with Gasteiger partial charge >= 0.3 is 0 Å². The van der Waals surface area contributed by atoms with Gasteiger partial charge in [-0.25, -0.2) is 0 Å². The molecule has 0 amide bonds. The third-order valence-corrected chi connectivity index (χ3v) is 4.15. The van der Waals surface area contributed by atoms with Crippen LogP contribution in [-0.2, 0) is 4.74 Å². The lowest BCUT2D eigenvalue weighted by Crippen LogP contribution is -2.46. The molecular formula is C15H21FN2O3. The van der Waals surface area contributed by atoms with Crippen molar-refractivity contribution < 1.29 is 19.0 Å². The van der Waals surface area contributed by atoms with Crippen molar-refractivity contribution in [2.75, 3.05) is 32.8 Å². The van der Waals surface area contributed by atoms with Crippen molar-refractivity contribution in [1.82, 2.24) is 9.88 Å². The molecule has 2 saturated heterocycles. The van der Waals surface area contributed by atoms with Gasteiger partial charge in [0.15, 0.2) is 0 Å². The van der Waals surface area contributed by atoms with Crippen LogP contribution < -0.4 is 4.74 Å². The minimum Gasteiger partial charge on any atom is -0.473 e. The van der Waals surface area contributed by atoms with Crippen molar-refractivity contribution in [3.8, 4) is 5.88 Å². The number of aliphatic hydroxyl groups is 1. The summed E-state index contributed by atoms with van der Waals surface area (Å²) in [7, 11) is 0. The van der Waals surface area contributed by atoms with Crippen molar-refractivity contribution >= 4 is 0 Å². The maximum absolute atomic E-state index is 13.0. The predicted octanol–water partition coefficient (Wildman–Crippen LogP) is 1.22. The highest BCUT2D eigenvalue weighted by Crippen LogP contribution is 2.24. The molecule has 1 unspecified atom stereocenters. The Kier molecular flexibility index (Phi) is 4.37. The molecule has 3 heterocycles. The lowest BCUT2D eigenvalue weighted by atomic mass is 9.94. The monoisotopic (exact) mass is 296 g/mol. The van der Waals surface area contributed by atoms with Gasteiger partial charge in [-0.2, -0.15) is 9.37 Å². The Labute approximate surface area is 123 Å². The quantitative estimate of drug-likeness (QED) is 0.847. The van der Waals surface area contributed by atoms with E-state index in [4.69, 9.17) is 9.47 Å². The molecule has 6 heteroatoms. The molecule has 2 fully saturated rings. The van der Waals surface area contributed by atoms with Crippen LogP contribution in [0.5, 0.6) is 5.88 Å². The zero-order valence-corrected chi connectivity index (χ0v) is 12.0. The number of halogens is 1. The standard InChI is InChI=1S/C15H21FN2O3/c16-13-2-1-3-14(17-13)21-12-4-7-18(10-12)11-15(19)5-8-20-9-6-15/h1-3,12,19H,4-11H2. The molecule has 1 N–H and O–H groups in total. The maximum Gasteiger partial charge on any atom is 0.216 e. The zero-order chi connectivity index (χ0) is 14.7. The molecule has 0 aromatic carbocycles. The van der Waals surface area contributed by atoms with Crippen molar-refractivity contribution in [3.05, 3.63) is 24.1 Å². The lowest BCUT2D eigenvalue weighted by Gasteiger charge is -2.35. The van der Waals surface area contributed by atoms with Crippen LogP contribution in [0, 0.1) is 5.95 Å². The van der Waals surface area contributed by atoms with Crippen LogP contribution >= 0.6 is 0 Å². The van der Waals surface area contributed by atoms with Crippen LogP contribution in [0.1, 0.15) is 19.3 Å². The van der Waals surface area contributed by atoms with Crippen LogP contribution in [0.2, 0.25) is 0 Å². The molecule has 3 rings (SSSR count). The van der Waals surface area contributed by atoms with Gasteiger partial charge < -0.3 is 14.6 Å². The van der Waals surface area contributed by atoms with Crippen LogP contribution in [0.25, 0.3) is 0 Å². The van der Waals surface area contributed by atoms with Crippen molar-refractivity contribution in [2.24, 2.45) is 0 Å². The SMILES string of the molecule is OC1(CN2CCC(Oc3cccc(F)n3)C2)CCOCC1. The lowest BCUT2D eigenvalue weighted by molar-refractivity contribution is -0.0779. The van der Waals surface area contributed by atoms with E-state index in [1.807, 2.05) is 0 Å². The van der Waals surface area contributed by atoms with Crippen molar-refractivity contribution in [3.63, 3.8) is 0 Å². The van der Waals surface area contributed by atoms with Gasteiger partial charge in [0, 0.05) is 51.8 Å². The summed E-state index contributed by atoms with van der Waals surface area (Å²) in [5.41, 5.74) is -0.649. The first-order valence-electron chi connectivity index (χ1n) is 7.45. The summed E-state index contributed by atoms with van der Waals surface area (Å²) in [5, 5.41) is 10.5. The third-order valence-electron chi connectivity index (χ3n) is 4.15. The van der Waals surface area contributed by atoms with Gasteiger partial charge in [-0.3, -0.25) is 4.90 Å². The molecule has 5 nitrogen and oxygen atoms in total. The topological polar surface area (TPSA) is 54.8 Å². The normalized spacial score (nSPS) is 25.9. The third kappa shape index (κ3) is 3.90. The summed E-state index contributed by atoms with van der Waals surface area (Å²) in [5.74, 6) is -0.203. The Morgan fingerprint density at radius 2 is 2.24 bits per heavy atom. The van der Waals surface area contributed by atoms with E-state index in [1.54, 1.807) is 12.1 Å². The van der Waals surface area contributed by atoms with E-state index >= 15 is 0 Å². The van der Waals surface area contributed by atoms with E-state index in [-0.39, 0.29) is 6.10 Å². The predicted molar refractivity (Wildman–Crippen MR) is 74.7 cm³/mol. The first kappa shape index (κ1) is 14.7. The number of likely N-dealkylation sites (tertiary alicyclic amines) is 1. The Morgan fingerprint density at radius 3 is 3.00 bits per heavy atom. The molecule has 116 valence electrons. The molecule has 0 spiro atoms. The first-order valence-corrected chi connectivity index (χ1v) is 7.45. The van der Waals surface area contributed by atoms with Gasteiger partial charge in [-0.15, -0.1) is 0 Å². The Hall–Kier alpha value is -1.24. The van der Waals surface area contributed by atoms with Gasteiger partial charge in [0.05, 0.1) is 5.60 Å². The highest BCUT2D eigenvalue weighted by molar-refractivity contribution is 5.11. The van der Waals surface area contributed by atoms with Gasteiger partial charge in [0.1, 0.15) is 6.10 Å². The minimum atomic E-state index is -0.649. The van der Waals surface area contributed by atoms with E-state index in [0.717, 1.165) is 19.5 Å². The molecule has 0 radical (unpaired) electrons. The van der Waals surface area contributed by atoms with E-state index in [0.29, 0.717) is 38.5 Å². The van der Waals surface area contributed by atoms with Gasteiger partial charge in [0.25, 0.3) is 0 Å². The summed E-state index contributed by atoms with van der Waals surface area (Å²) in [6.07, 6.45) is 2.23. The summed E-state index contributed by atoms with van der Waals surface area (Å²) in [4.78, 5) is 5.92. The van der Waals surface area contributed by atoms with E-state index in [1.165, 1.54) is 6.07 Å². The first-order chi connectivity index (χ1) is 10.1. The molecule has 1 aromatic heterocycles. The molecule has 21 heavy (non-hydrogen) atoms. The van der Waals surface area contributed by atoms with E-state index in [9.17, 15) is 9.50 Å². The molecule has 1 atom stereocenters. The number of ether oxygens (including phenoxy) is 2. The summed E-state index contributed by atoms with van der Waals surface area (Å²) < 4.78 is 24.0. The van der Waals surface area contributed by atoms with Gasteiger partial charge in [-0.05, 0) is 12.5 Å². The van der Waals surface area contributed by atoms with E-state index < -0.39 is 11.5 Å². The Bertz CT molecular complexity index is 480. The summed E-state index contributed by atoms with van der Waals surface area (Å²) in [6.45, 7) is 3.51. The molecule has 2 aliphatic heterocycles. The number of nitrogens with zero attached hydrogens (tertiary/aromatic N) is 2. The van der Waals surface area contributed by atoms with Crippen LogP contribution in [0.3, 0.4) is 0 Å². The fourth-order valence-corrected chi connectivity index (χ4v) is 2.99. The molecule has 0 saturated carbocycles. The van der Waals surface area contributed by atoms with Gasteiger partial charge in [-0.1, -0.05) is 6.07 Å². The average molecular weight is 296 g/mol. The van der Waals surface area contributed by atoms with Gasteiger partial charge in [0.2, 0.25) is 11.8 Å². The fourth-order valence-electron chi connectivity index (χ4n) is 2.99. The summed E-state index contributed by atoms with van der Waals surface area (Å²) in [6, 6.07) is 4.56. The molecule has 1 aromatic rings. The van der Waals surface area contributed by atoms with Crippen LogP contribution in [-0.4, -0.2) is 59.5 Å². The highest BCUT2D eigenvalue weighted by atomic mass is 19.1. The van der Waals surface area contributed by atoms with E-state index in [2.05, 4.69) is 9.88 Å². The van der Waals surface area contributed by atoms with Crippen LogP contribution in [0.15, 0.2) is 18.2 Å². The number of pyridine rings is 1. The molecule has 0 bridgehead atoms. The maximum atomic E-state index is 13.0. The highest BCUT2D eigenvalue weighted by Gasteiger charge is 2.35. The zero-order valence-electron chi connectivity index (χ0n) is 12.0. The van der Waals surface area contributed by atoms with Crippen molar-refractivity contribution in [2.45, 2.75) is 31.0 Å². The molecule has 0 aliphatic carbocycles. The second kappa shape index (κ2) is 6.25. The minimum absolute atomic E-state index is 0.00254. The second-order valence-electron chi connectivity index (χ2n) is 5.90. The summed E-state index contributed by atoms with van der Waals surface area (Å²) >= 11 is 0. The Balaban J connectivity index is 1.51. The van der Waals surface area contributed by atoms with Crippen LogP contribution in [0.4, 0.5) is 4.39 Å². The number of hydrogen-bond acceptors (Lipinski definition) is 5. The Morgan fingerprint density at radius 1 is 1.43 bits per heavy atom. The average Bonchev–Trinajstić information content (AvgIpc) is 2.86. The number of aromatic nitrogens is 1. The molecule has 2 aliphatic rings. The smallest absolute Gasteiger partial charge is 0.216 e.